The highest BCUT2D eigenvalue weighted by atomic mass is 35.5. The Bertz CT molecular complexity index is 1060. The number of nitrogens with zero attached hydrogens (tertiary/aromatic N) is 1. The van der Waals surface area contributed by atoms with Gasteiger partial charge in [-0.3, -0.25) is 10.1 Å². The summed E-state index contributed by atoms with van der Waals surface area (Å²) >= 11 is 6.31. The van der Waals surface area contributed by atoms with E-state index in [1.807, 2.05) is 0 Å². The fourth-order valence-corrected chi connectivity index (χ4v) is 3.09. The zero-order valence-electron chi connectivity index (χ0n) is 14.3. The topological polar surface area (TPSA) is 80.3 Å². The highest BCUT2D eigenvalue weighted by molar-refractivity contribution is 7.11. The molecular formula is C18H11ClF3N3O3S. The number of carbonyl (C=O) groups is 2. The van der Waals surface area contributed by atoms with Crippen molar-refractivity contribution in [3.05, 3.63) is 59.5 Å². The SMILES string of the molecule is O=C(Cl)Nc1cccc(-c2csc(OC(=O)Nc3cccc(C(F)(F)F)c3)n2)c1. The molecule has 2 amide bonds. The number of carbonyl (C=O) groups excluding carboxylic acids is 2. The predicted molar refractivity (Wildman–Crippen MR) is 104 cm³/mol. The van der Waals surface area contributed by atoms with Gasteiger partial charge in [-0.15, -0.1) is 0 Å². The smallest absolute Gasteiger partial charge is 0.381 e. The van der Waals surface area contributed by atoms with Gasteiger partial charge in [-0.2, -0.15) is 13.2 Å². The molecule has 0 saturated heterocycles. The van der Waals surface area contributed by atoms with Gasteiger partial charge in [0.25, 0.3) is 5.19 Å². The van der Waals surface area contributed by atoms with E-state index in [9.17, 15) is 22.8 Å². The van der Waals surface area contributed by atoms with Crippen molar-refractivity contribution in [1.82, 2.24) is 4.98 Å². The van der Waals surface area contributed by atoms with Crippen LogP contribution in [0.25, 0.3) is 11.3 Å². The molecular weight excluding hydrogens is 431 g/mol. The maximum Gasteiger partial charge on any atom is 0.419 e. The van der Waals surface area contributed by atoms with E-state index in [0.717, 1.165) is 23.5 Å². The molecule has 0 bridgehead atoms. The average Bonchev–Trinajstić information content (AvgIpc) is 3.09. The van der Waals surface area contributed by atoms with Crippen molar-refractivity contribution < 1.29 is 27.5 Å². The van der Waals surface area contributed by atoms with Gasteiger partial charge in [0.05, 0.1) is 11.3 Å². The molecule has 3 rings (SSSR count). The third-order valence-electron chi connectivity index (χ3n) is 3.50. The molecule has 0 spiro atoms. The van der Waals surface area contributed by atoms with Gasteiger partial charge in [-0.25, -0.2) is 9.78 Å². The van der Waals surface area contributed by atoms with Gasteiger partial charge < -0.3 is 10.1 Å². The lowest BCUT2D eigenvalue weighted by molar-refractivity contribution is -0.137. The molecule has 2 N–H and O–H groups in total. The van der Waals surface area contributed by atoms with Gasteiger partial charge in [0.2, 0.25) is 0 Å². The summed E-state index contributed by atoms with van der Waals surface area (Å²) in [5.74, 6) is 0. The first-order valence-corrected chi connectivity index (χ1v) is 9.15. The largest absolute Gasteiger partial charge is 0.419 e. The minimum Gasteiger partial charge on any atom is -0.381 e. The van der Waals surface area contributed by atoms with Crippen molar-refractivity contribution in [2.45, 2.75) is 6.18 Å². The molecule has 0 radical (unpaired) electrons. The molecule has 3 aromatic rings. The summed E-state index contributed by atoms with van der Waals surface area (Å²) in [7, 11) is 0. The van der Waals surface area contributed by atoms with Gasteiger partial charge >= 0.3 is 17.6 Å². The second kappa shape index (κ2) is 8.50. The van der Waals surface area contributed by atoms with Crippen molar-refractivity contribution in [3.63, 3.8) is 0 Å². The van der Waals surface area contributed by atoms with Crippen LogP contribution in [-0.4, -0.2) is 16.4 Å². The normalized spacial score (nSPS) is 11.0. The predicted octanol–water partition coefficient (Wildman–Crippen LogP) is 6.21. The van der Waals surface area contributed by atoms with Crippen LogP contribution in [-0.2, 0) is 6.18 Å². The number of anilines is 2. The molecule has 1 aromatic heterocycles. The number of aromatic nitrogens is 1. The molecule has 0 fully saturated rings. The maximum absolute atomic E-state index is 12.7. The Morgan fingerprint density at radius 1 is 1.03 bits per heavy atom. The van der Waals surface area contributed by atoms with E-state index in [1.54, 1.807) is 29.6 Å². The van der Waals surface area contributed by atoms with E-state index in [2.05, 4.69) is 15.6 Å². The van der Waals surface area contributed by atoms with Crippen LogP contribution in [0.3, 0.4) is 0 Å². The molecule has 11 heteroatoms. The Balaban J connectivity index is 1.67. The third-order valence-corrected chi connectivity index (χ3v) is 4.31. The molecule has 2 aromatic carbocycles. The van der Waals surface area contributed by atoms with Crippen molar-refractivity contribution in [2.75, 3.05) is 10.6 Å². The van der Waals surface area contributed by atoms with E-state index in [1.165, 1.54) is 12.1 Å². The van der Waals surface area contributed by atoms with Gasteiger partial charge in [-0.1, -0.05) is 29.5 Å². The summed E-state index contributed by atoms with van der Waals surface area (Å²) in [5, 5.41) is 5.53. The minimum atomic E-state index is -4.52. The molecule has 1 heterocycles. The van der Waals surface area contributed by atoms with Crippen LogP contribution >= 0.6 is 22.9 Å². The van der Waals surface area contributed by atoms with E-state index in [-0.39, 0.29) is 10.9 Å². The van der Waals surface area contributed by atoms with E-state index < -0.39 is 23.2 Å². The van der Waals surface area contributed by atoms with E-state index >= 15 is 0 Å². The van der Waals surface area contributed by atoms with E-state index in [0.29, 0.717) is 16.9 Å². The standard InChI is InChI=1S/C18H11ClF3N3O3S/c19-15(26)23-12-5-1-3-10(7-12)14-9-29-17(25-14)28-16(27)24-13-6-2-4-11(8-13)18(20,21)22/h1-9H,(H,23,26)(H,24,27). The summed E-state index contributed by atoms with van der Waals surface area (Å²) < 4.78 is 43.2. The van der Waals surface area contributed by atoms with Crippen LogP contribution in [0.15, 0.2) is 53.9 Å². The van der Waals surface area contributed by atoms with Gasteiger partial charge in [0.15, 0.2) is 0 Å². The lowest BCUT2D eigenvalue weighted by Gasteiger charge is -2.09. The summed E-state index contributed by atoms with van der Waals surface area (Å²) in [5.41, 5.74) is 0.613. The number of rotatable bonds is 4. The molecule has 0 unspecified atom stereocenters. The lowest BCUT2D eigenvalue weighted by atomic mass is 10.1. The number of hydrogen-bond acceptors (Lipinski definition) is 5. The summed E-state index contributed by atoms with van der Waals surface area (Å²) in [4.78, 5) is 27.0. The zero-order valence-corrected chi connectivity index (χ0v) is 15.9. The molecule has 29 heavy (non-hydrogen) atoms. The summed E-state index contributed by atoms with van der Waals surface area (Å²) in [6.07, 6.45) is -5.50. The van der Waals surface area contributed by atoms with Crippen LogP contribution in [0.5, 0.6) is 5.19 Å². The number of alkyl halides is 3. The average molecular weight is 442 g/mol. The molecule has 0 atom stereocenters. The number of halogens is 4. The minimum absolute atomic E-state index is 0.00346. The number of thiazole rings is 1. The zero-order chi connectivity index (χ0) is 21.0. The van der Waals surface area contributed by atoms with Gasteiger partial charge in [-0.05, 0) is 41.9 Å². The second-order valence-corrected chi connectivity index (χ2v) is 6.74. The molecule has 0 saturated carbocycles. The Kier molecular flexibility index (Phi) is 6.04. The van der Waals surface area contributed by atoms with Crippen LogP contribution in [0, 0.1) is 0 Å². The Hall–Kier alpha value is -3.11. The monoisotopic (exact) mass is 441 g/mol. The number of ether oxygens (including phenoxy) is 1. The fraction of sp³-hybridized carbons (Fsp3) is 0.0556. The highest BCUT2D eigenvalue weighted by Gasteiger charge is 2.30. The van der Waals surface area contributed by atoms with Crippen LogP contribution < -0.4 is 15.4 Å². The molecule has 0 aliphatic rings. The molecule has 6 nitrogen and oxygen atoms in total. The quantitative estimate of drug-likeness (QED) is 0.372. The number of nitrogens with one attached hydrogen (secondary N) is 2. The van der Waals surface area contributed by atoms with Crippen molar-refractivity contribution in [2.24, 2.45) is 0 Å². The van der Waals surface area contributed by atoms with Crippen LogP contribution in [0.2, 0.25) is 0 Å². The molecule has 0 aliphatic carbocycles. The summed E-state index contributed by atoms with van der Waals surface area (Å²) in [6, 6.07) is 10.8. The first-order valence-electron chi connectivity index (χ1n) is 7.89. The van der Waals surface area contributed by atoms with Gasteiger partial charge in [0.1, 0.15) is 0 Å². The molecule has 0 aliphatic heterocycles. The highest BCUT2D eigenvalue weighted by Crippen LogP contribution is 2.31. The van der Waals surface area contributed by atoms with Crippen LogP contribution in [0.4, 0.5) is 34.1 Å². The number of benzene rings is 2. The number of amides is 2. The first-order chi connectivity index (χ1) is 13.7. The third kappa shape index (κ3) is 5.69. The van der Waals surface area contributed by atoms with Gasteiger partial charge in [0, 0.05) is 22.3 Å². The van der Waals surface area contributed by atoms with Crippen molar-refractivity contribution in [3.8, 4) is 16.5 Å². The van der Waals surface area contributed by atoms with Crippen LogP contribution in [0.1, 0.15) is 5.56 Å². The molecule has 150 valence electrons. The lowest BCUT2D eigenvalue weighted by Crippen LogP contribution is -2.17. The summed E-state index contributed by atoms with van der Waals surface area (Å²) in [6.45, 7) is 0. The Morgan fingerprint density at radius 3 is 2.41 bits per heavy atom. The van der Waals surface area contributed by atoms with Crippen molar-refractivity contribution >= 4 is 45.8 Å². The van der Waals surface area contributed by atoms with E-state index in [4.69, 9.17) is 16.3 Å². The van der Waals surface area contributed by atoms with Crippen molar-refractivity contribution in [1.29, 1.82) is 0 Å². The number of hydrogen-bond donors (Lipinski definition) is 2. The Labute approximate surface area is 171 Å². The fourth-order valence-electron chi connectivity index (χ4n) is 2.30. The maximum atomic E-state index is 12.7. The Morgan fingerprint density at radius 2 is 1.72 bits per heavy atom. The second-order valence-electron chi connectivity index (χ2n) is 5.57. The first kappa shape index (κ1) is 20.6.